The molecule has 3 atom stereocenters. The maximum Gasteiger partial charge on any atom is 0.252 e. The molecule has 0 radical (unpaired) electrons. The van der Waals surface area contributed by atoms with E-state index in [2.05, 4.69) is 20.6 Å². The molecule has 1 fully saturated rings. The molecule has 144 valence electrons. The summed E-state index contributed by atoms with van der Waals surface area (Å²) in [5.41, 5.74) is 1.85. The molecular weight excluding hydrogens is 401 g/mol. The van der Waals surface area contributed by atoms with Gasteiger partial charge in [-0.25, -0.2) is 5.10 Å². The number of nitrogens with zero attached hydrogens (tertiary/aromatic N) is 4. The zero-order valence-electron chi connectivity index (χ0n) is 14.9. The molecule has 3 aromatic rings. The minimum atomic E-state index is -0.705. The molecule has 0 saturated carbocycles. The van der Waals surface area contributed by atoms with Crippen LogP contribution in [0.1, 0.15) is 29.1 Å². The van der Waals surface area contributed by atoms with Crippen LogP contribution in [0.2, 0.25) is 10.0 Å². The Morgan fingerprint density at radius 2 is 1.64 bits per heavy atom. The third-order valence-electron chi connectivity index (χ3n) is 4.82. The molecule has 2 aromatic carbocycles. The molecule has 1 saturated heterocycles. The van der Waals surface area contributed by atoms with E-state index in [0.717, 1.165) is 11.1 Å². The molecule has 0 spiro atoms. The lowest BCUT2D eigenvalue weighted by Gasteiger charge is -2.43. The van der Waals surface area contributed by atoms with Crippen molar-refractivity contribution in [2.24, 2.45) is 0 Å². The Labute approximate surface area is 171 Å². The van der Waals surface area contributed by atoms with Crippen molar-refractivity contribution in [1.29, 1.82) is 0 Å². The Bertz CT molecular complexity index is 947. The predicted molar refractivity (Wildman–Crippen MR) is 104 cm³/mol. The minimum Gasteiger partial charge on any atom is -0.357 e. The van der Waals surface area contributed by atoms with E-state index in [4.69, 9.17) is 27.9 Å². The molecular formula is C19H17Cl2N5O2. The summed E-state index contributed by atoms with van der Waals surface area (Å²) in [5, 5.41) is 14.9. The fraction of sp³-hybridized carbons (Fsp3) is 0.263. The lowest BCUT2D eigenvalue weighted by molar-refractivity contribution is -0.171. The Balaban J connectivity index is 1.71. The van der Waals surface area contributed by atoms with Crippen LogP contribution in [0.5, 0.6) is 0 Å². The highest BCUT2D eigenvalue weighted by atomic mass is 35.5. The molecule has 9 heteroatoms. The van der Waals surface area contributed by atoms with E-state index in [-0.39, 0.29) is 24.5 Å². The number of likely N-dealkylation sites (N-methyl/N-ethyl adjacent to an activating group) is 1. The largest absolute Gasteiger partial charge is 0.357 e. The van der Waals surface area contributed by atoms with E-state index in [9.17, 15) is 4.79 Å². The standard InChI is InChI=1S/C19H17Cl2N5O2/c1-26-17(11-2-6-13(20)7-3-11)18(12-4-8-14(21)9-5-12)28-15(19(26)27)10-16-22-24-25-23-16/h2-9,15,17-18H,10H2,1H3,(H,22,23,24,25)/t15-,17+,18-/m0/s1. The fourth-order valence-electron chi connectivity index (χ4n) is 3.42. The zero-order valence-corrected chi connectivity index (χ0v) is 16.4. The van der Waals surface area contributed by atoms with Gasteiger partial charge < -0.3 is 9.64 Å². The SMILES string of the molecule is CN1C(=O)[C@H](Cc2nnn[nH]2)O[C@@H](c2ccc(Cl)cc2)[C@H]1c1ccc(Cl)cc1. The van der Waals surface area contributed by atoms with Crippen LogP contribution in [0.3, 0.4) is 0 Å². The molecule has 28 heavy (non-hydrogen) atoms. The monoisotopic (exact) mass is 417 g/mol. The predicted octanol–water partition coefficient (Wildman–Crippen LogP) is 3.39. The first kappa shape index (κ1) is 18.9. The van der Waals surface area contributed by atoms with Crippen LogP contribution in [-0.4, -0.2) is 44.6 Å². The molecule has 1 aromatic heterocycles. The van der Waals surface area contributed by atoms with Gasteiger partial charge in [-0.3, -0.25) is 4.79 Å². The maximum absolute atomic E-state index is 13.0. The Hall–Kier alpha value is -2.48. The van der Waals surface area contributed by atoms with Crippen LogP contribution in [0.25, 0.3) is 0 Å². The molecule has 7 nitrogen and oxygen atoms in total. The number of amides is 1. The van der Waals surface area contributed by atoms with Crippen LogP contribution in [-0.2, 0) is 16.0 Å². The normalized spacial score (nSPS) is 22.5. The summed E-state index contributed by atoms with van der Waals surface area (Å²) < 4.78 is 6.28. The van der Waals surface area contributed by atoms with Gasteiger partial charge in [-0.1, -0.05) is 47.5 Å². The van der Waals surface area contributed by atoms with E-state index in [1.807, 2.05) is 36.4 Å². The molecule has 0 aliphatic carbocycles. The van der Waals surface area contributed by atoms with Crippen molar-refractivity contribution in [3.05, 3.63) is 75.5 Å². The third kappa shape index (κ3) is 3.73. The number of aromatic amines is 1. The summed E-state index contributed by atoms with van der Waals surface area (Å²) >= 11 is 12.1. The number of aromatic nitrogens is 4. The number of nitrogens with one attached hydrogen (secondary N) is 1. The van der Waals surface area contributed by atoms with Gasteiger partial charge in [0.15, 0.2) is 5.82 Å². The van der Waals surface area contributed by atoms with Crippen molar-refractivity contribution in [2.75, 3.05) is 7.05 Å². The second-order valence-corrected chi connectivity index (χ2v) is 7.47. The van der Waals surface area contributed by atoms with Gasteiger partial charge in [0, 0.05) is 23.5 Å². The Morgan fingerprint density at radius 3 is 2.21 bits per heavy atom. The van der Waals surface area contributed by atoms with Crippen LogP contribution >= 0.6 is 23.2 Å². The second-order valence-electron chi connectivity index (χ2n) is 6.59. The van der Waals surface area contributed by atoms with E-state index < -0.39 is 6.10 Å². The number of benzene rings is 2. The molecule has 2 heterocycles. The second kappa shape index (κ2) is 7.87. The van der Waals surface area contributed by atoms with E-state index in [1.54, 1.807) is 24.1 Å². The summed E-state index contributed by atoms with van der Waals surface area (Å²) in [6.07, 6.45) is -0.834. The number of H-pyrrole nitrogens is 1. The highest BCUT2D eigenvalue weighted by Gasteiger charge is 2.42. The highest BCUT2D eigenvalue weighted by Crippen LogP contribution is 2.42. The molecule has 1 aliphatic heterocycles. The molecule has 1 N–H and O–H groups in total. The number of halogens is 2. The van der Waals surface area contributed by atoms with Crippen LogP contribution in [0.15, 0.2) is 48.5 Å². The van der Waals surface area contributed by atoms with Gasteiger partial charge in [-0.2, -0.15) is 0 Å². The number of ether oxygens (including phenoxy) is 1. The molecule has 1 amide bonds. The van der Waals surface area contributed by atoms with Crippen molar-refractivity contribution >= 4 is 29.1 Å². The number of morpholine rings is 1. The number of hydrogen-bond acceptors (Lipinski definition) is 5. The van der Waals surface area contributed by atoms with Crippen LogP contribution in [0, 0.1) is 0 Å². The number of carbonyl (C=O) groups is 1. The fourth-order valence-corrected chi connectivity index (χ4v) is 3.68. The lowest BCUT2D eigenvalue weighted by atomic mass is 9.91. The van der Waals surface area contributed by atoms with Crippen molar-refractivity contribution in [1.82, 2.24) is 25.5 Å². The first-order valence-corrected chi connectivity index (χ1v) is 9.44. The summed E-state index contributed by atoms with van der Waals surface area (Å²) in [6, 6.07) is 14.6. The third-order valence-corrected chi connectivity index (χ3v) is 5.32. The average molecular weight is 418 g/mol. The van der Waals surface area contributed by atoms with Gasteiger partial charge in [0.05, 0.1) is 6.04 Å². The molecule has 4 rings (SSSR count). The van der Waals surface area contributed by atoms with E-state index in [0.29, 0.717) is 15.9 Å². The Kier molecular flexibility index (Phi) is 5.30. The molecule has 1 aliphatic rings. The van der Waals surface area contributed by atoms with Gasteiger partial charge in [-0.05, 0) is 45.8 Å². The van der Waals surface area contributed by atoms with Gasteiger partial charge in [0.25, 0.3) is 5.91 Å². The summed E-state index contributed by atoms with van der Waals surface area (Å²) in [6.45, 7) is 0. The maximum atomic E-state index is 13.0. The van der Waals surface area contributed by atoms with Crippen molar-refractivity contribution in [2.45, 2.75) is 24.7 Å². The smallest absolute Gasteiger partial charge is 0.252 e. The zero-order chi connectivity index (χ0) is 19.7. The van der Waals surface area contributed by atoms with Gasteiger partial charge in [-0.15, -0.1) is 5.10 Å². The highest BCUT2D eigenvalue weighted by molar-refractivity contribution is 6.30. The van der Waals surface area contributed by atoms with Crippen LogP contribution in [0.4, 0.5) is 0 Å². The average Bonchev–Trinajstić information content (AvgIpc) is 3.20. The number of rotatable bonds is 4. The van der Waals surface area contributed by atoms with E-state index >= 15 is 0 Å². The van der Waals surface area contributed by atoms with Gasteiger partial charge in [0.2, 0.25) is 0 Å². The van der Waals surface area contributed by atoms with Gasteiger partial charge >= 0.3 is 0 Å². The first-order chi connectivity index (χ1) is 13.5. The summed E-state index contributed by atoms with van der Waals surface area (Å²) in [7, 11) is 1.78. The molecule has 0 unspecified atom stereocenters. The van der Waals surface area contributed by atoms with Crippen LogP contribution < -0.4 is 0 Å². The number of tetrazole rings is 1. The first-order valence-electron chi connectivity index (χ1n) is 8.68. The van der Waals surface area contributed by atoms with Crippen molar-refractivity contribution < 1.29 is 9.53 Å². The quantitative estimate of drug-likeness (QED) is 0.702. The van der Waals surface area contributed by atoms with E-state index in [1.165, 1.54) is 0 Å². The van der Waals surface area contributed by atoms with Crippen molar-refractivity contribution in [3.8, 4) is 0 Å². The summed E-state index contributed by atoms with van der Waals surface area (Å²) in [5.74, 6) is 0.355. The Morgan fingerprint density at radius 1 is 1.04 bits per heavy atom. The number of carbonyl (C=O) groups excluding carboxylic acids is 1. The lowest BCUT2D eigenvalue weighted by Crippen LogP contribution is -2.49. The van der Waals surface area contributed by atoms with Gasteiger partial charge in [0.1, 0.15) is 12.2 Å². The molecule has 0 bridgehead atoms. The summed E-state index contributed by atoms with van der Waals surface area (Å²) in [4.78, 5) is 14.7. The minimum absolute atomic E-state index is 0.137. The number of hydrogen-bond donors (Lipinski definition) is 1. The van der Waals surface area contributed by atoms with Crippen molar-refractivity contribution in [3.63, 3.8) is 0 Å². The topological polar surface area (TPSA) is 84.0 Å².